The molecule has 1 aromatic heterocycles. The van der Waals surface area contributed by atoms with Gasteiger partial charge in [0.25, 0.3) is 5.91 Å². The van der Waals surface area contributed by atoms with Crippen molar-refractivity contribution in [2.75, 3.05) is 19.1 Å². The normalized spacial score (nSPS) is 10.2. The monoisotopic (exact) mass is 314 g/mol. The zero-order chi connectivity index (χ0) is 16.8. The predicted molar refractivity (Wildman–Crippen MR) is 92.2 cm³/mol. The van der Waals surface area contributed by atoms with Crippen molar-refractivity contribution >= 4 is 17.2 Å². The molecule has 4 N–H and O–H groups in total. The summed E-state index contributed by atoms with van der Waals surface area (Å²) in [5.41, 5.74) is 5.78. The second-order valence-electron chi connectivity index (χ2n) is 5.17. The average Bonchev–Trinajstić information content (AvgIpc) is 3.00. The maximum atomic E-state index is 12.1. The Kier molecular flexibility index (Phi) is 5.43. The van der Waals surface area contributed by atoms with Crippen molar-refractivity contribution in [2.45, 2.75) is 6.42 Å². The molecule has 6 nitrogen and oxygen atoms in total. The fourth-order valence-electron chi connectivity index (χ4n) is 2.32. The van der Waals surface area contributed by atoms with Gasteiger partial charge >= 0.3 is 0 Å². The molecule has 0 saturated carbocycles. The van der Waals surface area contributed by atoms with Crippen LogP contribution in [-0.4, -0.2) is 24.1 Å². The molecule has 0 aliphatic heterocycles. The average molecular weight is 314 g/mol. The molecule has 1 heterocycles. The first kappa shape index (κ1) is 16.6. The number of nitrogens with one attached hydrogen (secondary N) is 2. The van der Waals surface area contributed by atoms with Gasteiger partial charge in [-0.05, 0) is 42.3 Å². The van der Waals surface area contributed by atoms with Crippen LogP contribution in [0.1, 0.15) is 22.5 Å². The summed E-state index contributed by atoms with van der Waals surface area (Å²) in [6, 6.07) is 9.15. The van der Waals surface area contributed by atoms with E-state index in [4.69, 9.17) is 10.6 Å². The van der Waals surface area contributed by atoms with Crippen LogP contribution in [0.5, 0.6) is 5.75 Å². The summed E-state index contributed by atoms with van der Waals surface area (Å²) in [6.07, 6.45) is 2.45. The molecule has 6 heteroatoms. The number of anilines is 1. The zero-order valence-corrected chi connectivity index (χ0v) is 13.4. The van der Waals surface area contributed by atoms with Crippen molar-refractivity contribution in [3.63, 3.8) is 0 Å². The van der Waals surface area contributed by atoms with Crippen molar-refractivity contribution in [1.82, 2.24) is 9.88 Å². The van der Waals surface area contributed by atoms with Crippen LogP contribution in [0, 0.1) is 0 Å². The second-order valence-corrected chi connectivity index (χ2v) is 5.17. The maximum Gasteiger partial charge on any atom is 0.267 e. The molecule has 0 aliphatic carbocycles. The third-order valence-corrected chi connectivity index (χ3v) is 3.65. The molecular formula is C17H22N4O2. The van der Waals surface area contributed by atoms with Crippen molar-refractivity contribution in [3.05, 3.63) is 54.4 Å². The minimum absolute atomic E-state index is 0.104. The van der Waals surface area contributed by atoms with E-state index in [2.05, 4.69) is 17.3 Å². The fourth-order valence-corrected chi connectivity index (χ4v) is 2.32. The summed E-state index contributed by atoms with van der Waals surface area (Å²) in [7, 11) is 3.45. The van der Waals surface area contributed by atoms with Gasteiger partial charge in [-0.2, -0.15) is 0 Å². The highest BCUT2D eigenvalue weighted by atomic mass is 16.5. The number of hydrazine groups is 1. The van der Waals surface area contributed by atoms with E-state index in [0.29, 0.717) is 18.7 Å². The van der Waals surface area contributed by atoms with Gasteiger partial charge in [-0.1, -0.05) is 6.58 Å². The SMILES string of the molecule is C=C(CCNC(=O)c1cccn1C)c1cc(OC)ccc1NN. The summed E-state index contributed by atoms with van der Waals surface area (Å²) < 4.78 is 7.01. The van der Waals surface area contributed by atoms with Gasteiger partial charge in [0.2, 0.25) is 0 Å². The minimum atomic E-state index is -0.104. The molecular weight excluding hydrogens is 292 g/mol. The smallest absolute Gasteiger partial charge is 0.267 e. The zero-order valence-electron chi connectivity index (χ0n) is 13.4. The van der Waals surface area contributed by atoms with Crippen LogP contribution in [-0.2, 0) is 7.05 Å². The van der Waals surface area contributed by atoms with Gasteiger partial charge < -0.3 is 20.0 Å². The molecule has 0 spiro atoms. The van der Waals surface area contributed by atoms with Gasteiger partial charge in [-0.15, -0.1) is 0 Å². The van der Waals surface area contributed by atoms with E-state index >= 15 is 0 Å². The summed E-state index contributed by atoms with van der Waals surface area (Å²) in [5.74, 6) is 6.16. The molecule has 23 heavy (non-hydrogen) atoms. The molecule has 2 rings (SSSR count). The number of carbonyl (C=O) groups excluding carboxylic acids is 1. The van der Waals surface area contributed by atoms with Crippen molar-refractivity contribution in [3.8, 4) is 5.75 Å². The van der Waals surface area contributed by atoms with Gasteiger partial charge in [-0.25, -0.2) is 0 Å². The predicted octanol–water partition coefficient (Wildman–Crippen LogP) is 2.15. The Bertz CT molecular complexity index is 706. The number of benzene rings is 1. The van der Waals surface area contributed by atoms with Crippen molar-refractivity contribution in [2.24, 2.45) is 12.9 Å². The number of nitrogens with zero attached hydrogens (tertiary/aromatic N) is 1. The van der Waals surface area contributed by atoms with Crippen LogP contribution in [0.3, 0.4) is 0 Å². The standard InChI is InChI=1S/C17H22N4O2/c1-12(14-11-13(23-3)6-7-15(14)20-18)8-9-19-17(22)16-5-4-10-21(16)2/h4-7,10-11,20H,1,8-9,18H2,2-3H3,(H,19,22). The van der Waals surface area contributed by atoms with Crippen LogP contribution < -0.4 is 21.3 Å². The molecule has 0 atom stereocenters. The molecule has 1 amide bonds. The van der Waals surface area contributed by atoms with E-state index in [1.54, 1.807) is 17.7 Å². The number of carbonyl (C=O) groups is 1. The Morgan fingerprint density at radius 3 is 2.78 bits per heavy atom. The third kappa shape index (κ3) is 3.92. The van der Waals surface area contributed by atoms with E-state index < -0.39 is 0 Å². The van der Waals surface area contributed by atoms with Gasteiger partial charge in [0.1, 0.15) is 11.4 Å². The Hall–Kier alpha value is -2.73. The van der Waals surface area contributed by atoms with Gasteiger partial charge in [0.15, 0.2) is 0 Å². The summed E-state index contributed by atoms with van der Waals surface area (Å²) >= 11 is 0. The molecule has 122 valence electrons. The highest BCUT2D eigenvalue weighted by molar-refractivity contribution is 5.92. The molecule has 0 radical (unpaired) electrons. The number of nitrogen functional groups attached to an aromatic ring is 1. The first-order valence-corrected chi connectivity index (χ1v) is 7.29. The largest absolute Gasteiger partial charge is 0.497 e. The van der Waals surface area contributed by atoms with Crippen LogP contribution in [0.25, 0.3) is 5.57 Å². The topological polar surface area (TPSA) is 81.3 Å². The number of aromatic nitrogens is 1. The van der Waals surface area contributed by atoms with Crippen molar-refractivity contribution in [1.29, 1.82) is 0 Å². The third-order valence-electron chi connectivity index (χ3n) is 3.65. The molecule has 1 aromatic carbocycles. The summed E-state index contributed by atoms with van der Waals surface area (Å²) in [5, 5.41) is 2.89. The molecule has 0 fully saturated rings. The maximum absolute atomic E-state index is 12.1. The molecule has 0 saturated heterocycles. The van der Waals surface area contributed by atoms with E-state index in [1.165, 1.54) is 0 Å². The quantitative estimate of drug-likeness (QED) is 0.540. The van der Waals surface area contributed by atoms with E-state index in [9.17, 15) is 4.79 Å². The lowest BCUT2D eigenvalue weighted by Gasteiger charge is -2.14. The minimum Gasteiger partial charge on any atom is -0.497 e. The second kappa shape index (κ2) is 7.51. The van der Waals surface area contributed by atoms with Crippen LogP contribution in [0.4, 0.5) is 5.69 Å². The lowest BCUT2D eigenvalue weighted by Crippen LogP contribution is -2.26. The first-order valence-electron chi connectivity index (χ1n) is 7.29. The molecule has 0 bridgehead atoms. The lowest BCUT2D eigenvalue weighted by molar-refractivity contribution is 0.0946. The van der Waals surface area contributed by atoms with E-state index in [1.807, 2.05) is 37.5 Å². The highest BCUT2D eigenvalue weighted by Crippen LogP contribution is 2.28. The highest BCUT2D eigenvalue weighted by Gasteiger charge is 2.10. The number of methoxy groups -OCH3 is 1. The number of hydrogen-bond acceptors (Lipinski definition) is 4. The van der Waals surface area contributed by atoms with Gasteiger partial charge in [0.05, 0.1) is 12.8 Å². The van der Waals surface area contributed by atoms with E-state index in [0.717, 1.165) is 22.6 Å². The number of nitrogens with two attached hydrogens (primary N) is 1. The van der Waals surface area contributed by atoms with E-state index in [-0.39, 0.29) is 5.91 Å². The molecule has 0 unspecified atom stereocenters. The Labute approximate surface area is 135 Å². The lowest BCUT2D eigenvalue weighted by atomic mass is 10.0. The Morgan fingerprint density at radius 1 is 1.39 bits per heavy atom. The number of rotatable bonds is 7. The van der Waals surface area contributed by atoms with Gasteiger partial charge in [0, 0.05) is 25.4 Å². The van der Waals surface area contributed by atoms with Gasteiger partial charge in [-0.3, -0.25) is 10.6 Å². The number of amides is 1. The fraction of sp³-hybridized carbons (Fsp3) is 0.235. The Morgan fingerprint density at radius 2 is 2.17 bits per heavy atom. The number of hydrogen-bond donors (Lipinski definition) is 3. The molecule has 0 aliphatic rings. The summed E-state index contributed by atoms with van der Waals surface area (Å²) in [4.78, 5) is 12.1. The van der Waals surface area contributed by atoms with Crippen LogP contribution >= 0.6 is 0 Å². The van der Waals surface area contributed by atoms with Crippen LogP contribution in [0.15, 0.2) is 43.1 Å². The summed E-state index contributed by atoms with van der Waals surface area (Å²) in [6.45, 7) is 4.57. The number of aryl methyl sites for hydroxylation is 1. The van der Waals surface area contributed by atoms with Crippen molar-refractivity contribution < 1.29 is 9.53 Å². The molecule has 2 aromatic rings. The van der Waals surface area contributed by atoms with Crippen LogP contribution in [0.2, 0.25) is 0 Å². The Balaban J connectivity index is 1.97. The first-order chi connectivity index (χ1) is 11.1. The number of ether oxygens (including phenoxy) is 1.